The Kier molecular flexibility index (Phi) is 6.17. The molecule has 1 amide bonds. The summed E-state index contributed by atoms with van der Waals surface area (Å²) >= 11 is 8.56. The largest absolute Gasteiger partial charge is 0.324 e. The summed E-state index contributed by atoms with van der Waals surface area (Å²) in [5, 5.41) is 5.43. The number of fused-ring (bicyclic) bond motifs is 1. The molecule has 0 unspecified atom stereocenters. The van der Waals surface area contributed by atoms with Gasteiger partial charge in [0.2, 0.25) is 5.91 Å². The van der Waals surface area contributed by atoms with Crippen molar-refractivity contribution in [3.05, 3.63) is 86.7 Å². The van der Waals surface area contributed by atoms with Crippen molar-refractivity contribution in [2.24, 2.45) is 0 Å². The Morgan fingerprint density at radius 3 is 2.70 bits per heavy atom. The molecule has 9 heteroatoms. The lowest BCUT2D eigenvalue weighted by Gasteiger charge is -2.12. The maximum Gasteiger partial charge on any atom is 0.272 e. The number of aromatic nitrogens is 2. The highest BCUT2D eigenvalue weighted by molar-refractivity contribution is 7.99. The van der Waals surface area contributed by atoms with E-state index < -0.39 is 0 Å². The number of nitrogens with one attached hydrogen (secondary N) is 1. The van der Waals surface area contributed by atoms with Crippen molar-refractivity contribution in [2.75, 3.05) is 11.1 Å². The van der Waals surface area contributed by atoms with Crippen LogP contribution in [0, 0.1) is 5.82 Å². The zero-order chi connectivity index (χ0) is 21.1. The van der Waals surface area contributed by atoms with Crippen LogP contribution in [0.3, 0.4) is 0 Å². The van der Waals surface area contributed by atoms with Gasteiger partial charge in [-0.1, -0.05) is 47.6 Å². The van der Waals surface area contributed by atoms with E-state index in [1.54, 1.807) is 47.8 Å². The predicted molar refractivity (Wildman–Crippen MR) is 120 cm³/mol. The van der Waals surface area contributed by atoms with E-state index in [-0.39, 0.29) is 29.6 Å². The predicted octanol–water partition coefficient (Wildman–Crippen LogP) is 5.03. The third-order valence-electron chi connectivity index (χ3n) is 4.27. The fraction of sp³-hybridized carbons (Fsp3) is 0.0952. The van der Waals surface area contributed by atoms with Crippen LogP contribution in [0.5, 0.6) is 0 Å². The molecule has 1 N–H and O–H groups in total. The van der Waals surface area contributed by atoms with Gasteiger partial charge in [0, 0.05) is 0 Å². The zero-order valence-corrected chi connectivity index (χ0v) is 17.9. The Morgan fingerprint density at radius 2 is 1.93 bits per heavy atom. The summed E-state index contributed by atoms with van der Waals surface area (Å²) < 4.78 is 15.3. The topological polar surface area (TPSA) is 64.0 Å². The quantitative estimate of drug-likeness (QED) is 0.324. The first-order valence-corrected chi connectivity index (χ1v) is 11.2. The second-order valence-electron chi connectivity index (χ2n) is 6.36. The molecule has 0 aliphatic carbocycles. The monoisotopic (exact) mass is 459 g/mol. The van der Waals surface area contributed by atoms with E-state index in [4.69, 9.17) is 11.6 Å². The highest BCUT2D eigenvalue weighted by Gasteiger charge is 2.15. The molecule has 2 aromatic heterocycles. The first-order valence-electron chi connectivity index (χ1n) is 8.91. The number of thioether (sulfide) groups is 1. The van der Waals surface area contributed by atoms with Crippen LogP contribution in [-0.2, 0) is 11.3 Å². The van der Waals surface area contributed by atoms with Crippen molar-refractivity contribution >= 4 is 56.5 Å². The van der Waals surface area contributed by atoms with Crippen molar-refractivity contribution < 1.29 is 9.18 Å². The lowest BCUT2D eigenvalue weighted by atomic mass is 10.2. The Bertz CT molecular complexity index is 1270. The number of carbonyl (C=O) groups is 1. The van der Waals surface area contributed by atoms with Crippen molar-refractivity contribution in [3.63, 3.8) is 0 Å². The fourth-order valence-electron chi connectivity index (χ4n) is 2.82. The molecule has 152 valence electrons. The SMILES string of the molecule is O=C(CSc1nc2ccsc2c(=O)n1Cc1ccc(F)cc1)Nc1ccccc1Cl. The summed E-state index contributed by atoms with van der Waals surface area (Å²) in [5.41, 5.74) is 1.69. The van der Waals surface area contributed by atoms with Gasteiger partial charge in [-0.2, -0.15) is 0 Å². The molecule has 2 heterocycles. The van der Waals surface area contributed by atoms with Crippen LogP contribution < -0.4 is 10.9 Å². The van der Waals surface area contributed by atoms with E-state index in [1.807, 2.05) is 0 Å². The Balaban J connectivity index is 1.59. The fourth-order valence-corrected chi connectivity index (χ4v) is 4.58. The van der Waals surface area contributed by atoms with Crippen molar-refractivity contribution in [3.8, 4) is 0 Å². The van der Waals surface area contributed by atoms with Gasteiger partial charge in [-0.05, 0) is 41.3 Å². The minimum absolute atomic E-state index is 0.0523. The maximum atomic E-state index is 13.2. The van der Waals surface area contributed by atoms with Crippen LogP contribution in [-0.4, -0.2) is 21.2 Å². The van der Waals surface area contributed by atoms with Gasteiger partial charge in [0.15, 0.2) is 5.16 Å². The highest BCUT2D eigenvalue weighted by Crippen LogP contribution is 2.24. The van der Waals surface area contributed by atoms with Crippen LogP contribution in [0.2, 0.25) is 5.02 Å². The van der Waals surface area contributed by atoms with Crippen LogP contribution >= 0.6 is 34.7 Å². The number of amides is 1. The van der Waals surface area contributed by atoms with Gasteiger partial charge >= 0.3 is 0 Å². The van der Waals surface area contributed by atoms with E-state index in [2.05, 4.69) is 10.3 Å². The van der Waals surface area contributed by atoms with Crippen LogP contribution in [0.15, 0.2) is 69.9 Å². The second-order valence-corrected chi connectivity index (χ2v) is 8.63. The summed E-state index contributed by atoms with van der Waals surface area (Å²) in [5.74, 6) is -0.554. The number of nitrogens with zero attached hydrogens (tertiary/aromatic N) is 2. The molecule has 2 aromatic carbocycles. The molecule has 5 nitrogen and oxygen atoms in total. The molecule has 4 rings (SSSR count). The van der Waals surface area contributed by atoms with Gasteiger partial charge < -0.3 is 5.32 Å². The first-order chi connectivity index (χ1) is 14.5. The van der Waals surface area contributed by atoms with E-state index in [9.17, 15) is 14.0 Å². The molecule has 0 fully saturated rings. The number of hydrogen-bond donors (Lipinski definition) is 1. The molecule has 4 aromatic rings. The molecule has 0 saturated heterocycles. The minimum Gasteiger partial charge on any atom is -0.324 e. The van der Waals surface area contributed by atoms with Gasteiger partial charge in [0.25, 0.3) is 5.56 Å². The molecule has 0 saturated carbocycles. The lowest BCUT2D eigenvalue weighted by Crippen LogP contribution is -2.24. The third kappa shape index (κ3) is 4.56. The Morgan fingerprint density at radius 1 is 1.17 bits per heavy atom. The smallest absolute Gasteiger partial charge is 0.272 e. The van der Waals surface area contributed by atoms with Gasteiger partial charge in [-0.3, -0.25) is 14.2 Å². The number of benzene rings is 2. The van der Waals surface area contributed by atoms with Gasteiger partial charge in [0.1, 0.15) is 10.5 Å². The lowest BCUT2D eigenvalue weighted by molar-refractivity contribution is -0.113. The van der Waals surface area contributed by atoms with E-state index in [1.165, 1.54) is 28.0 Å². The van der Waals surface area contributed by atoms with Crippen LogP contribution in [0.25, 0.3) is 10.2 Å². The summed E-state index contributed by atoms with van der Waals surface area (Å²) in [6.07, 6.45) is 0. The molecular formula is C21H15ClFN3O2S2. The highest BCUT2D eigenvalue weighted by atomic mass is 35.5. The van der Waals surface area contributed by atoms with Crippen LogP contribution in [0.1, 0.15) is 5.56 Å². The number of thiophene rings is 1. The van der Waals surface area contributed by atoms with Crippen LogP contribution in [0.4, 0.5) is 10.1 Å². The van der Waals surface area contributed by atoms with E-state index >= 15 is 0 Å². The maximum absolute atomic E-state index is 13.2. The van der Waals surface area contributed by atoms with Gasteiger partial charge in [-0.15, -0.1) is 11.3 Å². The number of carbonyl (C=O) groups excluding carboxylic acids is 1. The summed E-state index contributed by atoms with van der Waals surface area (Å²) in [7, 11) is 0. The van der Waals surface area contributed by atoms with Gasteiger partial charge in [0.05, 0.1) is 28.5 Å². The van der Waals surface area contributed by atoms with Crippen molar-refractivity contribution in [1.29, 1.82) is 0 Å². The summed E-state index contributed by atoms with van der Waals surface area (Å²) in [4.78, 5) is 30.0. The average Bonchev–Trinajstić information content (AvgIpc) is 3.21. The molecule has 0 spiro atoms. The molecule has 0 radical (unpaired) electrons. The number of para-hydroxylation sites is 1. The third-order valence-corrected chi connectivity index (χ3v) is 6.46. The molecular weight excluding hydrogens is 445 g/mol. The first kappa shape index (κ1) is 20.6. The number of anilines is 1. The molecule has 0 aliphatic heterocycles. The number of halogens is 2. The normalized spacial score (nSPS) is 11.0. The van der Waals surface area contributed by atoms with Crippen molar-refractivity contribution in [2.45, 2.75) is 11.7 Å². The molecule has 30 heavy (non-hydrogen) atoms. The molecule has 0 atom stereocenters. The Labute approximate surface area is 184 Å². The van der Waals surface area contributed by atoms with Crippen molar-refractivity contribution in [1.82, 2.24) is 9.55 Å². The van der Waals surface area contributed by atoms with E-state index in [0.29, 0.717) is 26.1 Å². The molecule has 0 aliphatic rings. The minimum atomic E-state index is -0.344. The van der Waals surface area contributed by atoms with Gasteiger partial charge in [-0.25, -0.2) is 9.37 Å². The zero-order valence-electron chi connectivity index (χ0n) is 15.5. The Hall–Kier alpha value is -2.68. The average molecular weight is 460 g/mol. The standard InChI is InChI=1S/C21H15ClFN3O2S2/c22-15-3-1-2-4-16(15)24-18(27)12-30-21-25-17-9-10-29-19(17)20(28)26(21)11-13-5-7-14(23)8-6-13/h1-10H,11-12H2,(H,24,27). The number of hydrogen-bond acceptors (Lipinski definition) is 5. The van der Waals surface area contributed by atoms with E-state index in [0.717, 1.165) is 17.3 Å². The summed E-state index contributed by atoms with van der Waals surface area (Å²) in [6, 6.07) is 14.7. The second kappa shape index (κ2) is 8.99. The number of rotatable bonds is 6. The molecule has 0 bridgehead atoms. The summed E-state index contributed by atoms with van der Waals surface area (Å²) in [6.45, 7) is 0.231.